The number of β-lactam (4-membered cyclic amide) rings is 1. The molecule has 2 aromatic heterocycles. The smallest absolute Gasteiger partial charge is 0.420 e. The Morgan fingerprint density at radius 1 is 1.03 bits per heavy atom. The van der Waals surface area contributed by atoms with Crippen molar-refractivity contribution in [3.05, 3.63) is 77.6 Å². The zero-order valence-electron chi connectivity index (χ0n) is 32.7. The minimum absolute atomic E-state index is 0.00446. The molecule has 58 heavy (non-hydrogen) atoms. The van der Waals surface area contributed by atoms with Crippen LogP contribution in [0.1, 0.15) is 48.6 Å². The number of pyridine rings is 1. The number of aromatic hydroxyl groups is 1. The number of amides is 2. The van der Waals surface area contributed by atoms with Crippen molar-refractivity contribution >= 4 is 79.1 Å². The van der Waals surface area contributed by atoms with Crippen molar-refractivity contribution in [3.63, 3.8) is 0 Å². The summed E-state index contributed by atoms with van der Waals surface area (Å²) in [4.78, 5) is 63.2. The summed E-state index contributed by atoms with van der Waals surface area (Å²) < 4.78 is 36.6. The van der Waals surface area contributed by atoms with E-state index in [9.17, 15) is 28.5 Å². The lowest BCUT2D eigenvalue weighted by molar-refractivity contribution is -0.147. The summed E-state index contributed by atoms with van der Waals surface area (Å²) in [6.07, 6.45) is 0.651. The number of aromatic nitrogens is 3. The van der Waals surface area contributed by atoms with Crippen molar-refractivity contribution in [1.82, 2.24) is 24.8 Å². The number of aryl methyl sites for hydroxylation is 1. The summed E-state index contributed by atoms with van der Waals surface area (Å²) in [7, 11) is 4.12. The van der Waals surface area contributed by atoms with Crippen LogP contribution in [0.2, 0.25) is 0 Å². The SMILES string of the molecule is COc1ccc2c(c1)nc(S(=O)Cc1ncc(C)c(OC)c1C)n2C(=O)OCCSSCCOC(=O)CC(C(=O)N[C@@H]1C(=O)N2[CH]C(C)(C)S[C@H]12)c1ccc(O)cc1. The van der Waals surface area contributed by atoms with Crippen molar-refractivity contribution in [2.24, 2.45) is 0 Å². The Labute approximate surface area is 350 Å². The van der Waals surface area contributed by atoms with Crippen LogP contribution in [0, 0.1) is 20.4 Å². The van der Waals surface area contributed by atoms with Gasteiger partial charge >= 0.3 is 12.1 Å². The van der Waals surface area contributed by atoms with Crippen molar-refractivity contribution in [1.29, 1.82) is 0 Å². The number of phenols is 1. The summed E-state index contributed by atoms with van der Waals surface area (Å²) >= 11 is 1.58. The van der Waals surface area contributed by atoms with Crippen molar-refractivity contribution in [2.75, 3.05) is 38.9 Å². The number of nitrogens with one attached hydrogen (secondary N) is 1. The van der Waals surface area contributed by atoms with Crippen molar-refractivity contribution in [3.8, 4) is 17.2 Å². The second kappa shape index (κ2) is 18.6. The Kier molecular flexibility index (Phi) is 13.9. The molecule has 2 aliphatic rings. The first-order valence-corrected chi connectivity index (χ1v) is 22.9. The van der Waals surface area contributed by atoms with E-state index in [-0.39, 0.29) is 52.3 Å². The largest absolute Gasteiger partial charge is 0.508 e. The molecule has 1 radical (unpaired) electrons. The zero-order chi connectivity index (χ0) is 41.7. The highest BCUT2D eigenvalue weighted by atomic mass is 33.1. The van der Waals surface area contributed by atoms with Gasteiger partial charge in [-0.15, -0.1) is 11.8 Å². The highest BCUT2D eigenvalue weighted by Crippen LogP contribution is 2.49. The second-order valence-corrected chi connectivity index (χ2v) is 19.7. The molecule has 0 aliphatic carbocycles. The number of fused-ring (bicyclic) bond motifs is 2. The topological polar surface area (TPSA) is 188 Å². The Balaban J connectivity index is 0.982. The van der Waals surface area contributed by atoms with Gasteiger partial charge in [-0.25, -0.2) is 14.3 Å². The van der Waals surface area contributed by atoms with E-state index in [1.807, 2.05) is 34.2 Å². The maximum Gasteiger partial charge on any atom is 0.420 e. The predicted molar refractivity (Wildman–Crippen MR) is 223 cm³/mol. The number of hydrogen-bond acceptors (Lipinski definition) is 15. The van der Waals surface area contributed by atoms with Crippen LogP contribution in [0.3, 0.4) is 0 Å². The Bertz CT molecular complexity index is 2220. The van der Waals surface area contributed by atoms with E-state index in [2.05, 4.69) is 15.3 Å². The first-order chi connectivity index (χ1) is 27.7. The lowest BCUT2D eigenvalue weighted by Gasteiger charge is -2.41. The van der Waals surface area contributed by atoms with E-state index in [0.29, 0.717) is 45.3 Å². The molecule has 0 saturated carbocycles. The van der Waals surface area contributed by atoms with Gasteiger partial charge in [-0.05, 0) is 57.5 Å². The molecule has 2 saturated heterocycles. The van der Waals surface area contributed by atoms with Crippen LogP contribution in [0.5, 0.6) is 17.2 Å². The van der Waals surface area contributed by atoms with Gasteiger partial charge in [-0.3, -0.25) is 23.6 Å². The summed E-state index contributed by atoms with van der Waals surface area (Å²) in [5, 5.41) is 12.4. The minimum atomic E-state index is -1.78. The molecule has 2 amide bonds. The van der Waals surface area contributed by atoms with Crippen LogP contribution in [-0.4, -0.2) is 108 Å². The monoisotopic (exact) mass is 870 g/mol. The molecule has 0 spiro atoms. The molecule has 6 rings (SSSR count). The van der Waals surface area contributed by atoms with E-state index < -0.39 is 40.7 Å². The van der Waals surface area contributed by atoms with E-state index in [4.69, 9.17) is 18.9 Å². The first kappa shape index (κ1) is 43.1. The second-order valence-electron chi connectivity index (χ2n) is 13.9. The van der Waals surface area contributed by atoms with E-state index in [0.717, 1.165) is 11.1 Å². The molecule has 0 bridgehead atoms. The van der Waals surface area contributed by atoms with Crippen LogP contribution < -0.4 is 14.8 Å². The summed E-state index contributed by atoms with van der Waals surface area (Å²) in [5.41, 5.74) is 3.47. The quantitative estimate of drug-likeness (QED) is 0.0585. The van der Waals surface area contributed by atoms with Crippen LogP contribution >= 0.6 is 33.3 Å². The van der Waals surface area contributed by atoms with Gasteiger partial charge in [0.2, 0.25) is 17.0 Å². The van der Waals surface area contributed by atoms with Gasteiger partial charge in [0, 0.05) is 39.6 Å². The molecule has 2 aliphatic heterocycles. The highest BCUT2D eigenvalue weighted by Gasteiger charge is 2.57. The highest BCUT2D eigenvalue weighted by molar-refractivity contribution is 8.76. The number of hydrogen-bond donors (Lipinski definition) is 2. The number of phenolic OH excluding ortho intramolecular Hbond substituents is 1. The number of carbonyl (C=O) groups is 4. The molecular weight excluding hydrogens is 827 g/mol. The van der Waals surface area contributed by atoms with Crippen LogP contribution in [0.25, 0.3) is 11.0 Å². The van der Waals surface area contributed by atoms with Crippen LogP contribution in [0.15, 0.2) is 53.8 Å². The normalized spacial score (nSPS) is 17.9. The van der Waals surface area contributed by atoms with Crippen LogP contribution in [0.4, 0.5) is 4.79 Å². The third kappa shape index (κ3) is 9.69. The maximum atomic E-state index is 13.7. The van der Waals surface area contributed by atoms with E-state index >= 15 is 0 Å². The lowest BCUT2D eigenvalue weighted by Crippen LogP contribution is -2.66. The summed E-state index contributed by atoms with van der Waals surface area (Å²) in [5.74, 6) is -0.195. The Hall–Kier alpha value is -4.46. The number of methoxy groups -OCH3 is 2. The number of rotatable bonds is 17. The molecule has 2 unspecified atom stereocenters. The number of carbonyl (C=O) groups excluding carboxylic acids is 4. The number of imidazole rings is 1. The van der Waals surface area contributed by atoms with Gasteiger partial charge in [-0.1, -0.05) is 33.7 Å². The van der Waals surface area contributed by atoms with E-state index in [1.165, 1.54) is 45.4 Å². The lowest BCUT2D eigenvalue weighted by atomic mass is 9.93. The molecule has 2 N–H and O–H groups in total. The summed E-state index contributed by atoms with van der Waals surface area (Å²) in [6, 6.07) is 10.3. The first-order valence-electron chi connectivity index (χ1n) is 18.2. The molecule has 4 heterocycles. The average molecular weight is 871 g/mol. The van der Waals surface area contributed by atoms with E-state index in [1.54, 1.807) is 60.3 Å². The fraction of sp³-hybridized carbons (Fsp3) is 0.410. The maximum absolute atomic E-state index is 13.7. The van der Waals surface area contributed by atoms with Gasteiger partial charge in [0.1, 0.15) is 41.9 Å². The predicted octanol–water partition coefficient (Wildman–Crippen LogP) is 5.50. The third-order valence-electron chi connectivity index (χ3n) is 9.37. The summed E-state index contributed by atoms with van der Waals surface area (Å²) in [6.45, 7) is 9.67. The Morgan fingerprint density at radius 3 is 2.43 bits per heavy atom. The molecule has 4 aromatic rings. The van der Waals surface area contributed by atoms with Gasteiger partial charge in [0.25, 0.3) is 0 Å². The zero-order valence-corrected chi connectivity index (χ0v) is 36.0. The van der Waals surface area contributed by atoms with Crippen molar-refractivity contribution < 1.29 is 47.4 Å². The average Bonchev–Trinajstić information content (AvgIpc) is 3.73. The molecule has 4 atom stereocenters. The molecule has 15 nitrogen and oxygen atoms in total. The standard InChI is InChI=1S/C39H44N5O10S4/c1-22-19-40-29(23(2)33(22)52-6)20-58(50)37-41-28-17-26(51-5)11-12-30(28)44(37)38(49)54-14-16-56-55-15-13-53-31(46)18-27(24-7-9-25(45)10-8-24)34(47)42-32-35(48)43-21-39(3,4)57-36(32)43/h7-12,17,19,21,27,32,36,45H,13-16,18,20H2,1-6H3,(H,42,47)/t27?,32-,36-,58?/m1/s1. The minimum Gasteiger partial charge on any atom is -0.508 e. The molecule has 309 valence electrons. The fourth-order valence-corrected chi connectivity index (χ4v) is 10.8. The number of esters is 1. The van der Waals surface area contributed by atoms with Crippen molar-refractivity contribution in [2.45, 2.75) is 67.1 Å². The molecular formula is C39H44N5O10S4. The number of benzene rings is 2. The Morgan fingerprint density at radius 2 is 1.74 bits per heavy atom. The fourth-order valence-electron chi connectivity index (χ4n) is 6.54. The third-order valence-corrected chi connectivity index (χ3v) is 14.4. The molecule has 19 heteroatoms. The number of nitrogens with zero attached hydrogens (tertiary/aromatic N) is 4. The number of thioether (sulfide) groups is 1. The van der Waals surface area contributed by atoms with Gasteiger partial charge in [-0.2, -0.15) is 0 Å². The van der Waals surface area contributed by atoms with Gasteiger partial charge in [0.15, 0.2) is 0 Å². The number of ether oxygens (including phenoxy) is 4. The molecule has 2 aromatic carbocycles. The van der Waals surface area contributed by atoms with Crippen LogP contribution in [-0.2, 0) is 40.4 Å². The van der Waals surface area contributed by atoms with Gasteiger partial charge in [0.05, 0.1) is 66.4 Å². The van der Waals surface area contributed by atoms with Gasteiger partial charge < -0.3 is 34.3 Å². The molecule has 2 fully saturated rings.